The van der Waals surface area contributed by atoms with E-state index in [0.29, 0.717) is 30.4 Å². The lowest BCUT2D eigenvalue weighted by Crippen LogP contribution is -2.44. The zero-order chi connectivity index (χ0) is 17.3. The smallest absolute Gasteiger partial charge is 0.305 e. The molecule has 2 fully saturated rings. The Kier molecular flexibility index (Phi) is 3.29. The van der Waals surface area contributed by atoms with Gasteiger partial charge in [-0.25, -0.2) is 8.78 Å². The van der Waals surface area contributed by atoms with Gasteiger partial charge in [-0.2, -0.15) is 8.78 Å². The molecule has 2 saturated carbocycles. The van der Waals surface area contributed by atoms with Crippen LogP contribution in [0.5, 0.6) is 0 Å². The van der Waals surface area contributed by atoms with Crippen molar-refractivity contribution in [2.75, 3.05) is 11.4 Å². The van der Waals surface area contributed by atoms with E-state index in [-0.39, 0.29) is 0 Å². The van der Waals surface area contributed by atoms with Crippen molar-refractivity contribution in [1.82, 2.24) is 0 Å². The highest BCUT2D eigenvalue weighted by molar-refractivity contribution is 6.10. The van der Waals surface area contributed by atoms with Crippen molar-refractivity contribution in [2.24, 2.45) is 5.92 Å². The van der Waals surface area contributed by atoms with Crippen LogP contribution >= 0.6 is 0 Å². The molecule has 1 spiro atoms. The average molecular weight is 341 g/mol. The molecule has 0 unspecified atom stereocenters. The highest BCUT2D eigenvalue weighted by Crippen LogP contribution is 2.59. The Balaban J connectivity index is 1.70. The molecule has 1 amide bonds. The summed E-state index contributed by atoms with van der Waals surface area (Å²) >= 11 is 0. The van der Waals surface area contributed by atoms with Gasteiger partial charge in [-0.3, -0.25) is 4.79 Å². The summed E-state index contributed by atoms with van der Waals surface area (Å²) in [6, 6.07) is 5.60. The van der Waals surface area contributed by atoms with E-state index in [1.807, 2.05) is 12.1 Å². The topological polar surface area (TPSA) is 20.3 Å². The quantitative estimate of drug-likeness (QED) is 0.723. The molecule has 4 rings (SSSR count). The van der Waals surface area contributed by atoms with Gasteiger partial charge in [0.15, 0.2) is 0 Å². The Hall–Kier alpha value is -1.59. The van der Waals surface area contributed by atoms with Gasteiger partial charge in [0.1, 0.15) is 0 Å². The summed E-state index contributed by atoms with van der Waals surface area (Å²) in [6.07, 6.45) is -0.453. The maximum atomic E-state index is 13.6. The normalized spacial score (nSPS) is 27.1. The van der Waals surface area contributed by atoms with E-state index in [2.05, 4.69) is 6.92 Å². The van der Waals surface area contributed by atoms with Crippen LogP contribution in [0.25, 0.3) is 0 Å². The van der Waals surface area contributed by atoms with E-state index >= 15 is 0 Å². The maximum absolute atomic E-state index is 13.6. The van der Waals surface area contributed by atoms with E-state index < -0.39 is 30.2 Å². The van der Waals surface area contributed by atoms with Crippen LogP contribution in [0.15, 0.2) is 18.2 Å². The molecular formula is C18H19F4NO. The van der Waals surface area contributed by atoms with Crippen molar-refractivity contribution in [3.05, 3.63) is 29.3 Å². The van der Waals surface area contributed by atoms with E-state index in [9.17, 15) is 22.4 Å². The monoisotopic (exact) mass is 341 g/mol. The first-order valence-electron chi connectivity index (χ1n) is 8.42. The molecule has 2 aliphatic carbocycles. The molecule has 0 radical (unpaired) electrons. The molecule has 1 heterocycles. The standard InChI is InChI=1S/C18H19F4NO/c1-2-10-7-12(10)11-3-4-13-14(8-11)23(9-18(21,22)15(19)20)16(24)17(13)5-6-17/h3-4,8,10,12,15H,2,5-7,9H2,1H3/t10-,12-/m0/s1. The number of carbonyl (C=O) groups excluding carboxylic acids is 1. The lowest BCUT2D eigenvalue weighted by Gasteiger charge is -2.24. The van der Waals surface area contributed by atoms with Gasteiger partial charge in [0, 0.05) is 5.69 Å². The summed E-state index contributed by atoms with van der Waals surface area (Å²) < 4.78 is 52.4. The fourth-order valence-electron chi connectivity index (χ4n) is 4.04. The fraction of sp³-hybridized carbons (Fsp3) is 0.611. The molecule has 2 nitrogen and oxygen atoms in total. The maximum Gasteiger partial charge on any atom is 0.324 e. The molecule has 1 aliphatic heterocycles. The molecule has 130 valence electrons. The van der Waals surface area contributed by atoms with Crippen molar-refractivity contribution >= 4 is 11.6 Å². The number of amides is 1. The van der Waals surface area contributed by atoms with Gasteiger partial charge in [0.25, 0.3) is 0 Å². The number of hydrogen-bond donors (Lipinski definition) is 0. The van der Waals surface area contributed by atoms with Crippen LogP contribution in [0.1, 0.15) is 49.7 Å². The van der Waals surface area contributed by atoms with E-state index in [0.717, 1.165) is 28.9 Å². The largest absolute Gasteiger partial charge is 0.324 e. The minimum absolute atomic E-state index is 0.392. The van der Waals surface area contributed by atoms with Crippen molar-refractivity contribution in [2.45, 2.75) is 56.3 Å². The predicted molar refractivity (Wildman–Crippen MR) is 81.8 cm³/mol. The molecule has 1 aromatic rings. The summed E-state index contributed by atoms with van der Waals surface area (Å²) in [7, 11) is 0. The third-order valence-electron chi connectivity index (χ3n) is 5.80. The molecule has 0 saturated heterocycles. The number of hydrogen-bond acceptors (Lipinski definition) is 1. The van der Waals surface area contributed by atoms with Crippen LogP contribution in [-0.4, -0.2) is 24.8 Å². The van der Waals surface area contributed by atoms with Crippen LogP contribution < -0.4 is 4.90 Å². The number of halogens is 4. The average Bonchev–Trinajstić information content (AvgIpc) is 3.44. The van der Waals surface area contributed by atoms with Crippen LogP contribution in [0, 0.1) is 5.92 Å². The number of rotatable bonds is 5. The summed E-state index contributed by atoms with van der Waals surface area (Å²) in [5.41, 5.74) is 1.43. The first-order chi connectivity index (χ1) is 11.3. The molecule has 3 aliphatic rings. The lowest BCUT2D eigenvalue weighted by molar-refractivity contribution is -0.131. The molecule has 0 N–H and O–H groups in total. The first kappa shape index (κ1) is 15.9. The minimum atomic E-state index is -4.20. The molecule has 6 heteroatoms. The van der Waals surface area contributed by atoms with Gasteiger partial charge >= 0.3 is 12.3 Å². The number of anilines is 1. The van der Waals surface area contributed by atoms with Crippen LogP contribution in [0.3, 0.4) is 0 Å². The van der Waals surface area contributed by atoms with Gasteiger partial charge < -0.3 is 4.90 Å². The molecule has 0 bridgehead atoms. The zero-order valence-corrected chi connectivity index (χ0v) is 13.4. The second-order valence-electron chi connectivity index (χ2n) is 7.32. The Morgan fingerprint density at radius 2 is 2.04 bits per heavy atom. The second-order valence-corrected chi connectivity index (χ2v) is 7.32. The fourth-order valence-corrected chi connectivity index (χ4v) is 4.04. The second kappa shape index (κ2) is 4.96. The zero-order valence-electron chi connectivity index (χ0n) is 13.4. The van der Waals surface area contributed by atoms with Gasteiger partial charge in [0.05, 0.1) is 12.0 Å². The predicted octanol–water partition coefficient (Wildman–Crippen LogP) is 4.48. The third kappa shape index (κ3) is 2.18. The van der Waals surface area contributed by atoms with Crippen LogP contribution in [0.4, 0.5) is 23.2 Å². The highest BCUT2D eigenvalue weighted by atomic mass is 19.3. The highest BCUT2D eigenvalue weighted by Gasteiger charge is 2.61. The van der Waals surface area contributed by atoms with Crippen molar-refractivity contribution in [3.8, 4) is 0 Å². The summed E-state index contributed by atoms with van der Waals surface area (Å²) in [4.78, 5) is 13.5. The minimum Gasteiger partial charge on any atom is -0.305 e. The SMILES string of the molecule is CC[C@H]1C[C@@H]1c1ccc2c(c1)N(CC(F)(F)C(F)F)C(=O)C21CC1. The molecule has 1 aromatic carbocycles. The van der Waals surface area contributed by atoms with Crippen LogP contribution in [-0.2, 0) is 10.2 Å². The lowest BCUT2D eigenvalue weighted by atomic mass is 9.95. The third-order valence-corrected chi connectivity index (χ3v) is 5.80. The van der Waals surface area contributed by atoms with Crippen LogP contribution in [0.2, 0.25) is 0 Å². The summed E-state index contributed by atoms with van der Waals surface area (Å²) in [5.74, 6) is -3.66. The first-order valence-corrected chi connectivity index (χ1v) is 8.42. The number of alkyl halides is 4. The van der Waals surface area contributed by atoms with E-state index in [1.54, 1.807) is 6.07 Å². The number of nitrogens with zero attached hydrogens (tertiary/aromatic N) is 1. The molecule has 0 aromatic heterocycles. The molecular weight excluding hydrogens is 322 g/mol. The van der Waals surface area contributed by atoms with E-state index in [4.69, 9.17) is 0 Å². The number of carbonyl (C=O) groups is 1. The van der Waals surface area contributed by atoms with Gasteiger partial charge in [-0.1, -0.05) is 25.5 Å². The Morgan fingerprint density at radius 3 is 2.58 bits per heavy atom. The molecule has 24 heavy (non-hydrogen) atoms. The Morgan fingerprint density at radius 1 is 1.33 bits per heavy atom. The van der Waals surface area contributed by atoms with E-state index in [1.165, 1.54) is 0 Å². The number of fused-ring (bicyclic) bond motifs is 2. The summed E-state index contributed by atoms with van der Waals surface area (Å²) in [6.45, 7) is 0.861. The number of benzene rings is 1. The molecule has 2 atom stereocenters. The van der Waals surface area contributed by atoms with Gasteiger partial charge in [-0.15, -0.1) is 0 Å². The van der Waals surface area contributed by atoms with Crippen molar-refractivity contribution < 1.29 is 22.4 Å². The summed E-state index contributed by atoms with van der Waals surface area (Å²) in [5, 5.41) is 0. The van der Waals surface area contributed by atoms with Gasteiger partial charge in [0.2, 0.25) is 5.91 Å². The Labute approximate surface area is 137 Å². The Bertz CT molecular complexity index is 698. The van der Waals surface area contributed by atoms with Crippen molar-refractivity contribution in [3.63, 3.8) is 0 Å². The van der Waals surface area contributed by atoms with Crippen molar-refractivity contribution in [1.29, 1.82) is 0 Å². The van der Waals surface area contributed by atoms with Gasteiger partial charge in [-0.05, 0) is 48.3 Å².